The fourth-order valence-corrected chi connectivity index (χ4v) is 3.91. The molecule has 0 fully saturated rings. The molecule has 0 aliphatic rings. The van der Waals surface area contributed by atoms with Crippen molar-refractivity contribution in [1.82, 2.24) is 14.8 Å². The molecular formula is C26H24BrN3O2. The number of esters is 1. The summed E-state index contributed by atoms with van der Waals surface area (Å²) < 4.78 is 7.82. The first-order chi connectivity index (χ1) is 15.3. The summed E-state index contributed by atoms with van der Waals surface area (Å²) in [6.45, 7) is 6.59. The van der Waals surface area contributed by atoms with Crippen molar-refractivity contribution in [2.24, 2.45) is 0 Å². The largest absolute Gasteiger partial charge is 0.465 e. The second kappa shape index (κ2) is 8.71. The summed E-state index contributed by atoms with van der Waals surface area (Å²) in [4.78, 5) is 11.8. The molecular weight excluding hydrogens is 466 g/mol. The highest BCUT2D eigenvalue weighted by Crippen LogP contribution is 2.31. The molecule has 4 aromatic rings. The molecule has 0 N–H and O–H groups in total. The van der Waals surface area contributed by atoms with Gasteiger partial charge in [0.15, 0.2) is 11.6 Å². The van der Waals surface area contributed by atoms with Crippen LogP contribution in [0, 0.1) is 0 Å². The summed E-state index contributed by atoms with van der Waals surface area (Å²) >= 11 is 3.55. The van der Waals surface area contributed by atoms with Gasteiger partial charge in [0.25, 0.3) is 0 Å². The Hall–Kier alpha value is -3.25. The van der Waals surface area contributed by atoms with E-state index < -0.39 is 0 Å². The molecule has 1 aromatic heterocycles. The summed E-state index contributed by atoms with van der Waals surface area (Å²) in [6.07, 6.45) is 0. The Morgan fingerprint density at radius 1 is 0.875 bits per heavy atom. The Bertz CT molecular complexity index is 1250. The molecule has 1 heterocycles. The molecule has 0 radical (unpaired) electrons. The SMILES string of the molecule is COC(=O)c1ccc(-c2nnc(-c3cccc(Br)c3)n2-c2ccc(C(C)(C)C)cc2)cc1. The zero-order valence-electron chi connectivity index (χ0n) is 18.5. The highest BCUT2D eigenvalue weighted by atomic mass is 79.9. The van der Waals surface area contributed by atoms with E-state index in [0.717, 1.165) is 27.1 Å². The lowest BCUT2D eigenvalue weighted by Crippen LogP contribution is -2.11. The normalized spacial score (nSPS) is 11.4. The number of aromatic nitrogens is 3. The number of methoxy groups -OCH3 is 1. The van der Waals surface area contributed by atoms with Gasteiger partial charge >= 0.3 is 5.97 Å². The number of carbonyl (C=O) groups excluding carboxylic acids is 1. The first kappa shape index (κ1) is 22.0. The van der Waals surface area contributed by atoms with E-state index in [1.54, 1.807) is 12.1 Å². The molecule has 3 aromatic carbocycles. The van der Waals surface area contributed by atoms with Gasteiger partial charge in [-0.15, -0.1) is 10.2 Å². The van der Waals surface area contributed by atoms with Crippen molar-refractivity contribution in [3.05, 3.63) is 88.4 Å². The highest BCUT2D eigenvalue weighted by molar-refractivity contribution is 9.10. The van der Waals surface area contributed by atoms with E-state index >= 15 is 0 Å². The zero-order valence-corrected chi connectivity index (χ0v) is 20.1. The fourth-order valence-electron chi connectivity index (χ4n) is 3.51. The topological polar surface area (TPSA) is 57.0 Å². The van der Waals surface area contributed by atoms with E-state index in [1.807, 2.05) is 41.0 Å². The van der Waals surface area contributed by atoms with Crippen LogP contribution >= 0.6 is 15.9 Å². The molecule has 0 bridgehead atoms. The van der Waals surface area contributed by atoms with E-state index in [0.29, 0.717) is 11.4 Å². The number of carbonyl (C=O) groups is 1. The first-order valence-corrected chi connectivity index (χ1v) is 11.1. The van der Waals surface area contributed by atoms with Gasteiger partial charge in [0.2, 0.25) is 0 Å². The zero-order chi connectivity index (χ0) is 22.9. The lowest BCUT2D eigenvalue weighted by atomic mass is 9.87. The van der Waals surface area contributed by atoms with Crippen molar-refractivity contribution in [3.63, 3.8) is 0 Å². The molecule has 0 amide bonds. The lowest BCUT2D eigenvalue weighted by molar-refractivity contribution is 0.0600. The number of hydrogen-bond donors (Lipinski definition) is 0. The Labute approximate surface area is 196 Å². The van der Waals surface area contributed by atoms with Crippen molar-refractivity contribution < 1.29 is 9.53 Å². The minimum absolute atomic E-state index is 0.0609. The highest BCUT2D eigenvalue weighted by Gasteiger charge is 2.19. The Balaban J connectivity index is 1.87. The second-order valence-corrected chi connectivity index (χ2v) is 9.47. The van der Waals surface area contributed by atoms with Crippen LogP contribution in [-0.2, 0) is 10.2 Å². The van der Waals surface area contributed by atoms with Gasteiger partial charge in [-0.05, 0) is 47.4 Å². The summed E-state index contributed by atoms with van der Waals surface area (Å²) in [5, 5.41) is 9.04. The standard InChI is InChI=1S/C26H24BrN3O2/c1-26(2,3)20-12-14-22(15-13-20)30-23(17-8-10-18(11-9-17)25(31)32-4)28-29-24(30)19-6-5-7-21(27)16-19/h5-16H,1-4H3. The van der Waals surface area contributed by atoms with Crippen molar-refractivity contribution in [1.29, 1.82) is 0 Å². The maximum absolute atomic E-state index is 11.8. The van der Waals surface area contributed by atoms with Gasteiger partial charge in [-0.1, -0.05) is 73.1 Å². The minimum atomic E-state index is -0.370. The number of rotatable bonds is 4. The smallest absolute Gasteiger partial charge is 0.337 e. The molecule has 0 unspecified atom stereocenters. The van der Waals surface area contributed by atoms with Crippen molar-refractivity contribution >= 4 is 21.9 Å². The molecule has 0 aliphatic carbocycles. The monoisotopic (exact) mass is 489 g/mol. The maximum Gasteiger partial charge on any atom is 0.337 e. The number of hydrogen-bond acceptors (Lipinski definition) is 4. The van der Waals surface area contributed by atoms with Crippen LogP contribution < -0.4 is 0 Å². The van der Waals surface area contributed by atoms with E-state index in [2.05, 4.69) is 71.2 Å². The molecule has 0 spiro atoms. The lowest BCUT2D eigenvalue weighted by Gasteiger charge is -2.20. The number of halogens is 1. The first-order valence-electron chi connectivity index (χ1n) is 10.3. The van der Waals surface area contributed by atoms with Gasteiger partial charge in [0.05, 0.1) is 12.7 Å². The third kappa shape index (κ3) is 4.36. The number of ether oxygens (including phenoxy) is 1. The van der Waals surface area contributed by atoms with Crippen LogP contribution in [0.15, 0.2) is 77.3 Å². The van der Waals surface area contributed by atoms with E-state index in [9.17, 15) is 4.79 Å². The number of nitrogens with zero attached hydrogens (tertiary/aromatic N) is 3. The Morgan fingerprint density at radius 2 is 1.50 bits per heavy atom. The minimum Gasteiger partial charge on any atom is -0.465 e. The van der Waals surface area contributed by atoms with Crippen molar-refractivity contribution in [3.8, 4) is 28.5 Å². The second-order valence-electron chi connectivity index (χ2n) is 8.56. The van der Waals surface area contributed by atoms with Crippen LogP contribution in [0.3, 0.4) is 0 Å². The van der Waals surface area contributed by atoms with E-state index in [-0.39, 0.29) is 11.4 Å². The molecule has 0 saturated heterocycles. The third-order valence-corrected chi connectivity index (χ3v) is 5.79. The molecule has 6 heteroatoms. The molecule has 32 heavy (non-hydrogen) atoms. The molecule has 162 valence electrons. The Morgan fingerprint density at radius 3 is 2.06 bits per heavy atom. The predicted octanol–water partition coefficient (Wildman–Crippen LogP) is 6.45. The van der Waals surface area contributed by atoms with Crippen LogP contribution in [0.5, 0.6) is 0 Å². The number of benzene rings is 3. The summed E-state index contributed by atoms with van der Waals surface area (Å²) in [5.41, 5.74) is 4.57. The predicted molar refractivity (Wildman–Crippen MR) is 130 cm³/mol. The van der Waals surface area contributed by atoms with Gasteiger partial charge in [0, 0.05) is 21.3 Å². The fraction of sp³-hybridized carbons (Fsp3) is 0.192. The van der Waals surface area contributed by atoms with Crippen molar-refractivity contribution in [2.45, 2.75) is 26.2 Å². The average molecular weight is 490 g/mol. The summed E-state index contributed by atoms with van der Waals surface area (Å²) in [7, 11) is 1.37. The average Bonchev–Trinajstić information content (AvgIpc) is 3.23. The molecule has 0 aliphatic heterocycles. The van der Waals surface area contributed by atoms with Crippen molar-refractivity contribution in [2.75, 3.05) is 7.11 Å². The van der Waals surface area contributed by atoms with Gasteiger partial charge in [0.1, 0.15) is 0 Å². The van der Waals surface area contributed by atoms with Crippen LogP contribution in [0.4, 0.5) is 0 Å². The molecule has 0 atom stereocenters. The summed E-state index contributed by atoms with van der Waals surface area (Å²) in [5.74, 6) is 1.06. The van der Waals surface area contributed by atoms with Crippen LogP contribution in [0.2, 0.25) is 0 Å². The van der Waals surface area contributed by atoms with E-state index in [4.69, 9.17) is 4.74 Å². The molecule has 4 rings (SSSR count). The molecule has 5 nitrogen and oxygen atoms in total. The van der Waals surface area contributed by atoms with Gasteiger partial charge in [-0.25, -0.2) is 4.79 Å². The van der Waals surface area contributed by atoms with Crippen LogP contribution in [-0.4, -0.2) is 27.8 Å². The summed E-state index contributed by atoms with van der Waals surface area (Å²) in [6, 6.07) is 23.7. The van der Waals surface area contributed by atoms with Crippen LogP contribution in [0.1, 0.15) is 36.7 Å². The van der Waals surface area contributed by atoms with Gasteiger partial charge < -0.3 is 4.74 Å². The Kier molecular flexibility index (Phi) is 5.98. The van der Waals surface area contributed by atoms with Gasteiger partial charge in [-0.2, -0.15) is 0 Å². The quantitative estimate of drug-likeness (QED) is 0.309. The third-order valence-electron chi connectivity index (χ3n) is 5.30. The maximum atomic E-state index is 11.8. The molecule has 0 saturated carbocycles. The van der Waals surface area contributed by atoms with Gasteiger partial charge in [-0.3, -0.25) is 4.57 Å². The van der Waals surface area contributed by atoms with E-state index in [1.165, 1.54) is 12.7 Å². The van der Waals surface area contributed by atoms with Crippen LogP contribution in [0.25, 0.3) is 28.5 Å².